The van der Waals surface area contributed by atoms with Crippen LogP contribution in [0.4, 0.5) is 0 Å². The Morgan fingerprint density at radius 1 is 1.38 bits per heavy atom. The second-order valence-electron chi connectivity index (χ2n) is 5.96. The average molecular weight is 374 g/mol. The molecule has 0 aliphatic carbocycles. The largest absolute Gasteiger partial charge is 0.365 e. The number of carbonyl (C=O) groups is 1. The van der Waals surface area contributed by atoms with Crippen molar-refractivity contribution < 1.29 is 18.6 Å². The number of carbonyl (C=O) groups excluding carboxylic acids is 1. The van der Waals surface area contributed by atoms with Crippen molar-refractivity contribution in [2.75, 3.05) is 19.7 Å². The van der Waals surface area contributed by atoms with Crippen LogP contribution in [0.2, 0.25) is 0 Å². The van der Waals surface area contributed by atoms with E-state index in [0.717, 1.165) is 4.88 Å². The molecule has 3 aromatic heterocycles. The van der Waals surface area contributed by atoms with E-state index in [-0.39, 0.29) is 5.91 Å². The SMILES string of the molecule is CCc1onc(C)c1C(=O)N1CCOC(c2nc(-c3cccs3)no2)C1. The fourth-order valence-electron chi connectivity index (χ4n) is 2.95. The van der Waals surface area contributed by atoms with Crippen LogP contribution in [0.15, 0.2) is 26.6 Å². The number of aromatic nitrogens is 3. The van der Waals surface area contributed by atoms with Gasteiger partial charge in [-0.3, -0.25) is 4.79 Å². The van der Waals surface area contributed by atoms with Gasteiger partial charge in [-0.1, -0.05) is 23.3 Å². The number of amides is 1. The van der Waals surface area contributed by atoms with Gasteiger partial charge in [0.25, 0.3) is 11.8 Å². The number of hydrogen-bond donors (Lipinski definition) is 0. The third-order valence-corrected chi connectivity index (χ3v) is 5.15. The molecule has 8 nitrogen and oxygen atoms in total. The highest BCUT2D eigenvalue weighted by Gasteiger charge is 2.32. The van der Waals surface area contributed by atoms with E-state index in [1.807, 2.05) is 24.4 Å². The van der Waals surface area contributed by atoms with E-state index >= 15 is 0 Å². The van der Waals surface area contributed by atoms with Crippen molar-refractivity contribution in [3.63, 3.8) is 0 Å². The van der Waals surface area contributed by atoms with E-state index in [1.165, 1.54) is 11.3 Å². The Morgan fingerprint density at radius 3 is 3.04 bits per heavy atom. The van der Waals surface area contributed by atoms with Gasteiger partial charge in [0, 0.05) is 13.0 Å². The zero-order chi connectivity index (χ0) is 18.1. The Morgan fingerprint density at radius 2 is 2.27 bits per heavy atom. The number of ether oxygens (including phenoxy) is 1. The molecule has 1 fully saturated rings. The molecule has 1 unspecified atom stereocenters. The highest BCUT2D eigenvalue weighted by molar-refractivity contribution is 7.13. The summed E-state index contributed by atoms with van der Waals surface area (Å²) in [6.45, 7) is 4.95. The quantitative estimate of drug-likeness (QED) is 0.693. The first-order valence-electron chi connectivity index (χ1n) is 8.41. The Hall–Kier alpha value is -2.52. The van der Waals surface area contributed by atoms with Gasteiger partial charge in [-0.05, 0) is 18.4 Å². The van der Waals surface area contributed by atoms with Crippen LogP contribution in [-0.4, -0.2) is 45.8 Å². The summed E-state index contributed by atoms with van der Waals surface area (Å²) >= 11 is 1.54. The van der Waals surface area contributed by atoms with Gasteiger partial charge in [-0.25, -0.2) is 0 Å². The van der Waals surface area contributed by atoms with E-state index in [9.17, 15) is 4.79 Å². The van der Waals surface area contributed by atoms with Crippen LogP contribution in [0.25, 0.3) is 10.7 Å². The lowest BCUT2D eigenvalue weighted by Crippen LogP contribution is -2.42. The molecule has 0 bridgehead atoms. The number of thiophene rings is 1. The highest BCUT2D eigenvalue weighted by Crippen LogP contribution is 2.27. The minimum atomic E-state index is -0.445. The normalized spacial score (nSPS) is 17.6. The van der Waals surface area contributed by atoms with Crippen molar-refractivity contribution in [3.05, 3.63) is 40.4 Å². The molecule has 9 heteroatoms. The molecule has 0 saturated carbocycles. The summed E-state index contributed by atoms with van der Waals surface area (Å²) in [5.41, 5.74) is 1.14. The maximum absolute atomic E-state index is 12.9. The molecule has 3 aromatic rings. The number of morpholine rings is 1. The summed E-state index contributed by atoms with van der Waals surface area (Å²) in [5.74, 6) is 1.41. The molecule has 136 valence electrons. The Balaban J connectivity index is 1.53. The lowest BCUT2D eigenvalue weighted by molar-refractivity contribution is -0.0368. The topological polar surface area (TPSA) is 94.5 Å². The minimum Gasteiger partial charge on any atom is -0.365 e. The van der Waals surface area contributed by atoms with E-state index in [1.54, 1.807) is 11.8 Å². The summed E-state index contributed by atoms with van der Waals surface area (Å²) in [6.07, 6.45) is 0.169. The summed E-state index contributed by atoms with van der Waals surface area (Å²) in [6, 6.07) is 3.86. The van der Waals surface area contributed by atoms with Gasteiger partial charge in [-0.2, -0.15) is 4.98 Å². The van der Waals surface area contributed by atoms with E-state index in [4.69, 9.17) is 13.8 Å². The first-order valence-corrected chi connectivity index (χ1v) is 9.28. The molecule has 0 radical (unpaired) electrons. The Kier molecular flexibility index (Phi) is 4.56. The highest BCUT2D eigenvalue weighted by atomic mass is 32.1. The van der Waals surface area contributed by atoms with Crippen molar-refractivity contribution >= 4 is 17.2 Å². The summed E-state index contributed by atoms with van der Waals surface area (Å²) in [4.78, 5) is 20.0. The monoisotopic (exact) mass is 374 g/mol. The van der Waals surface area contributed by atoms with E-state index in [2.05, 4.69) is 15.3 Å². The van der Waals surface area contributed by atoms with E-state index in [0.29, 0.717) is 54.8 Å². The second-order valence-corrected chi connectivity index (χ2v) is 6.91. The van der Waals surface area contributed by atoms with Gasteiger partial charge in [-0.15, -0.1) is 11.3 Å². The zero-order valence-corrected chi connectivity index (χ0v) is 15.3. The first kappa shape index (κ1) is 16.9. The molecular formula is C17H18N4O4S. The summed E-state index contributed by atoms with van der Waals surface area (Å²) < 4.78 is 16.4. The molecule has 1 aliphatic heterocycles. The smallest absolute Gasteiger partial charge is 0.259 e. The minimum absolute atomic E-state index is 0.105. The molecule has 1 saturated heterocycles. The maximum Gasteiger partial charge on any atom is 0.259 e. The number of nitrogens with zero attached hydrogens (tertiary/aromatic N) is 4. The van der Waals surface area contributed by atoms with Crippen LogP contribution in [0.1, 0.15) is 40.7 Å². The average Bonchev–Trinajstić information content (AvgIpc) is 3.41. The predicted octanol–water partition coefficient (Wildman–Crippen LogP) is 2.87. The van der Waals surface area contributed by atoms with Gasteiger partial charge in [0.2, 0.25) is 5.82 Å². The third-order valence-electron chi connectivity index (χ3n) is 4.28. The molecule has 1 atom stereocenters. The number of aryl methyl sites for hydroxylation is 2. The molecular weight excluding hydrogens is 356 g/mol. The van der Waals surface area contributed by atoms with Crippen molar-refractivity contribution in [2.24, 2.45) is 0 Å². The maximum atomic E-state index is 12.9. The fraction of sp³-hybridized carbons (Fsp3) is 0.412. The van der Waals surface area contributed by atoms with Crippen molar-refractivity contribution in [1.29, 1.82) is 0 Å². The van der Waals surface area contributed by atoms with Gasteiger partial charge >= 0.3 is 0 Å². The van der Waals surface area contributed by atoms with Crippen LogP contribution in [-0.2, 0) is 11.2 Å². The van der Waals surface area contributed by atoms with Gasteiger partial charge in [0.15, 0.2) is 6.10 Å². The van der Waals surface area contributed by atoms with E-state index < -0.39 is 6.10 Å². The Labute approximate surface area is 153 Å². The molecule has 26 heavy (non-hydrogen) atoms. The van der Waals surface area contributed by atoms with Gasteiger partial charge in [0.1, 0.15) is 11.3 Å². The lowest BCUT2D eigenvalue weighted by Gasteiger charge is -2.31. The fourth-order valence-corrected chi connectivity index (χ4v) is 3.59. The molecule has 1 aliphatic rings. The van der Waals surface area contributed by atoms with Crippen molar-refractivity contribution in [1.82, 2.24) is 20.2 Å². The number of rotatable bonds is 4. The second kappa shape index (κ2) is 7.00. The van der Waals surface area contributed by atoms with Crippen LogP contribution in [0, 0.1) is 6.92 Å². The molecule has 0 spiro atoms. The molecule has 1 amide bonds. The Bertz CT molecular complexity index is 902. The lowest BCUT2D eigenvalue weighted by atomic mass is 10.1. The van der Waals surface area contributed by atoms with Crippen LogP contribution < -0.4 is 0 Å². The number of hydrogen-bond acceptors (Lipinski definition) is 8. The van der Waals surface area contributed by atoms with Crippen LogP contribution in [0.3, 0.4) is 0 Å². The van der Waals surface area contributed by atoms with Crippen molar-refractivity contribution in [2.45, 2.75) is 26.4 Å². The third kappa shape index (κ3) is 3.04. The van der Waals surface area contributed by atoms with Crippen LogP contribution in [0.5, 0.6) is 0 Å². The molecule has 4 rings (SSSR count). The summed E-state index contributed by atoms with van der Waals surface area (Å²) in [7, 11) is 0. The summed E-state index contributed by atoms with van der Waals surface area (Å²) in [5, 5.41) is 9.88. The van der Waals surface area contributed by atoms with Crippen LogP contribution >= 0.6 is 11.3 Å². The van der Waals surface area contributed by atoms with Gasteiger partial charge in [0.05, 0.1) is 23.7 Å². The standard InChI is InChI=1S/C17H18N4O4S/c1-3-11-14(10(2)19-24-11)17(22)21-6-7-23-12(9-21)16-18-15(20-25-16)13-5-4-8-26-13/h4-5,8,12H,3,6-7,9H2,1-2H3. The van der Waals surface area contributed by atoms with Crippen molar-refractivity contribution in [3.8, 4) is 10.7 Å². The molecule has 4 heterocycles. The predicted molar refractivity (Wildman–Crippen MR) is 92.8 cm³/mol. The molecule has 0 N–H and O–H groups in total. The molecule has 0 aromatic carbocycles. The zero-order valence-electron chi connectivity index (χ0n) is 14.5. The van der Waals surface area contributed by atoms with Gasteiger partial charge < -0.3 is 18.7 Å². The first-order chi connectivity index (χ1) is 12.7.